The molecule has 11 aromatic rings. The smallest absolute Gasteiger partial charge is 0.0462 e. The van der Waals surface area contributed by atoms with Gasteiger partial charge in [0.25, 0.3) is 0 Å². The van der Waals surface area contributed by atoms with E-state index in [1.807, 2.05) is 22.7 Å². The molecule has 0 fully saturated rings. The van der Waals surface area contributed by atoms with Gasteiger partial charge in [0.2, 0.25) is 0 Å². The van der Waals surface area contributed by atoms with Crippen LogP contribution in [0.1, 0.15) is 0 Å². The highest BCUT2D eigenvalue weighted by Gasteiger charge is 2.17. The zero-order chi connectivity index (χ0) is 37.7. The summed E-state index contributed by atoms with van der Waals surface area (Å²) >= 11 is 3.78. The second kappa shape index (κ2) is 14.1. The third-order valence-corrected chi connectivity index (χ3v) is 13.6. The van der Waals surface area contributed by atoms with Crippen LogP contribution >= 0.6 is 22.7 Å². The highest BCUT2D eigenvalue weighted by atomic mass is 32.1. The number of nitrogens with zero attached hydrogens (tertiary/aromatic N) is 1. The predicted octanol–water partition coefficient (Wildman–Crippen LogP) is 16.6. The van der Waals surface area contributed by atoms with Gasteiger partial charge in [-0.05, 0) is 99.1 Å². The quantitative estimate of drug-likeness (QED) is 0.156. The predicted molar refractivity (Wildman–Crippen MR) is 249 cm³/mol. The summed E-state index contributed by atoms with van der Waals surface area (Å²) in [5.41, 5.74) is 13.2. The minimum absolute atomic E-state index is 1.11. The lowest BCUT2D eigenvalue weighted by atomic mass is 9.99. The first-order chi connectivity index (χ1) is 28.2. The van der Waals surface area contributed by atoms with Gasteiger partial charge in [0.15, 0.2) is 0 Å². The number of thiophene rings is 2. The molecule has 0 radical (unpaired) electrons. The van der Waals surface area contributed by atoms with E-state index < -0.39 is 0 Å². The Kier molecular flexibility index (Phi) is 8.28. The number of hydrogen-bond acceptors (Lipinski definition) is 3. The van der Waals surface area contributed by atoms with Crippen molar-refractivity contribution in [1.29, 1.82) is 0 Å². The molecule has 9 aromatic carbocycles. The van der Waals surface area contributed by atoms with Crippen LogP contribution in [-0.4, -0.2) is 0 Å². The fraction of sp³-hybridized carbons (Fsp3) is 0. The maximum absolute atomic E-state index is 2.39. The van der Waals surface area contributed by atoms with Gasteiger partial charge in [-0.3, -0.25) is 0 Å². The van der Waals surface area contributed by atoms with E-state index >= 15 is 0 Å². The maximum Gasteiger partial charge on any atom is 0.0462 e. The summed E-state index contributed by atoms with van der Waals surface area (Å²) in [6.45, 7) is 0. The Morgan fingerprint density at radius 1 is 0.263 bits per heavy atom. The normalized spacial score (nSPS) is 11.5. The molecule has 268 valence electrons. The molecule has 0 N–H and O–H groups in total. The van der Waals surface area contributed by atoms with E-state index in [9.17, 15) is 0 Å². The number of fused-ring (bicyclic) bond motifs is 6. The average molecular weight is 762 g/mol. The van der Waals surface area contributed by atoms with Crippen molar-refractivity contribution in [2.24, 2.45) is 0 Å². The van der Waals surface area contributed by atoms with E-state index in [-0.39, 0.29) is 0 Å². The van der Waals surface area contributed by atoms with Crippen molar-refractivity contribution in [2.75, 3.05) is 4.90 Å². The molecule has 0 aliphatic rings. The van der Waals surface area contributed by atoms with Gasteiger partial charge >= 0.3 is 0 Å². The molecule has 0 saturated heterocycles. The van der Waals surface area contributed by atoms with Crippen molar-refractivity contribution in [3.63, 3.8) is 0 Å². The molecule has 2 heterocycles. The first kappa shape index (κ1) is 33.5. The minimum atomic E-state index is 1.11. The van der Waals surface area contributed by atoms with E-state index in [0.717, 1.165) is 17.1 Å². The molecule has 0 aliphatic heterocycles. The molecular weight excluding hydrogens is 727 g/mol. The molecule has 0 amide bonds. The van der Waals surface area contributed by atoms with Gasteiger partial charge in [0.1, 0.15) is 0 Å². The van der Waals surface area contributed by atoms with Crippen molar-refractivity contribution in [3.8, 4) is 44.5 Å². The Labute approximate surface area is 340 Å². The summed E-state index contributed by atoms with van der Waals surface area (Å²) in [7, 11) is 0. The lowest BCUT2D eigenvalue weighted by Crippen LogP contribution is -2.09. The van der Waals surface area contributed by atoms with Gasteiger partial charge in [-0.25, -0.2) is 0 Å². The average Bonchev–Trinajstić information content (AvgIpc) is 3.86. The number of anilines is 3. The van der Waals surface area contributed by atoms with Crippen LogP contribution in [0.2, 0.25) is 0 Å². The molecule has 3 heteroatoms. The minimum Gasteiger partial charge on any atom is -0.311 e. The van der Waals surface area contributed by atoms with E-state index in [1.165, 1.54) is 84.9 Å². The van der Waals surface area contributed by atoms with Crippen molar-refractivity contribution in [1.82, 2.24) is 0 Å². The molecule has 0 unspecified atom stereocenters. The van der Waals surface area contributed by atoms with Gasteiger partial charge in [-0.1, -0.05) is 158 Å². The Bertz CT molecular complexity index is 3110. The van der Waals surface area contributed by atoms with E-state index in [4.69, 9.17) is 0 Å². The third kappa shape index (κ3) is 6.00. The monoisotopic (exact) mass is 761 g/mol. The molecule has 57 heavy (non-hydrogen) atoms. The van der Waals surface area contributed by atoms with Crippen molar-refractivity contribution >= 4 is 80.1 Å². The van der Waals surface area contributed by atoms with Crippen LogP contribution in [0, 0.1) is 0 Å². The highest BCUT2D eigenvalue weighted by Crippen LogP contribution is 2.46. The fourth-order valence-electron chi connectivity index (χ4n) is 8.27. The lowest BCUT2D eigenvalue weighted by Gasteiger charge is -2.26. The van der Waals surface area contributed by atoms with E-state index in [1.54, 1.807) is 0 Å². The lowest BCUT2D eigenvalue weighted by molar-refractivity contribution is 1.28. The molecule has 0 bridgehead atoms. The van der Waals surface area contributed by atoms with Crippen molar-refractivity contribution < 1.29 is 0 Å². The Morgan fingerprint density at radius 2 is 0.684 bits per heavy atom. The molecule has 0 atom stereocenters. The number of rotatable bonds is 7. The molecule has 0 spiro atoms. The standard InChI is InChI=1S/C54H35NS2/c1-3-11-36(12-4-1)38-21-28-42(29-22-38)55(43-30-23-39(24-31-43)37-13-5-2-6-14-37)44-32-25-40(26-33-44)45-16-9-18-48-49-19-10-17-46(54(49)57-53(45)48)41-27-34-52-50(35-41)47-15-7-8-20-51(47)56-52/h1-35H. The van der Waals surface area contributed by atoms with Crippen LogP contribution in [0.4, 0.5) is 17.1 Å². The van der Waals surface area contributed by atoms with Crippen molar-refractivity contribution in [3.05, 3.63) is 212 Å². The van der Waals surface area contributed by atoms with Gasteiger partial charge in [0, 0.05) is 57.4 Å². The molecule has 2 aromatic heterocycles. The first-order valence-corrected chi connectivity index (χ1v) is 21.0. The van der Waals surface area contributed by atoms with Gasteiger partial charge in [-0.15, -0.1) is 22.7 Å². The van der Waals surface area contributed by atoms with Gasteiger partial charge < -0.3 is 4.90 Å². The van der Waals surface area contributed by atoms with Crippen LogP contribution in [0.3, 0.4) is 0 Å². The molecule has 0 saturated carbocycles. The summed E-state index contributed by atoms with van der Waals surface area (Å²) in [6, 6.07) is 77.4. The molecule has 0 aliphatic carbocycles. The second-order valence-electron chi connectivity index (χ2n) is 14.5. The highest BCUT2D eigenvalue weighted by molar-refractivity contribution is 7.27. The summed E-state index contributed by atoms with van der Waals surface area (Å²) in [5.74, 6) is 0. The van der Waals surface area contributed by atoms with E-state index in [2.05, 4.69) is 217 Å². The zero-order valence-electron chi connectivity index (χ0n) is 31.0. The summed E-state index contributed by atoms with van der Waals surface area (Å²) in [5, 5.41) is 5.28. The van der Waals surface area contributed by atoms with Gasteiger partial charge in [0.05, 0.1) is 0 Å². The summed E-state index contributed by atoms with van der Waals surface area (Å²) in [6.07, 6.45) is 0. The summed E-state index contributed by atoms with van der Waals surface area (Å²) in [4.78, 5) is 2.35. The van der Waals surface area contributed by atoms with Gasteiger partial charge in [-0.2, -0.15) is 0 Å². The zero-order valence-corrected chi connectivity index (χ0v) is 32.6. The Morgan fingerprint density at radius 3 is 1.25 bits per heavy atom. The second-order valence-corrected chi connectivity index (χ2v) is 16.6. The third-order valence-electron chi connectivity index (χ3n) is 11.1. The van der Waals surface area contributed by atoms with E-state index in [0.29, 0.717) is 0 Å². The summed E-state index contributed by atoms with van der Waals surface area (Å²) < 4.78 is 5.32. The van der Waals surface area contributed by atoms with Crippen molar-refractivity contribution in [2.45, 2.75) is 0 Å². The number of hydrogen-bond donors (Lipinski definition) is 0. The topological polar surface area (TPSA) is 3.24 Å². The van der Waals surface area contributed by atoms with Crippen LogP contribution in [-0.2, 0) is 0 Å². The van der Waals surface area contributed by atoms with Crippen LogP contribution in [0.5, 0.6) is 0 Å². The molecule has 1 nitrogen and oxygen atoms in total. The SMILES string of the molecule is c1ccc(-c2ccc(N(c3ccc(-c4ccccc4)cc3)c3ccc(-c4cccc5c4sc4c(-c6ccc7sc8ccccc8c7c6)cccc45)cc3)cc2)cc1. The van der Waals surface area contributed by atoms with Crippen LogP contribution < -0.4 is 4.90 Å². The molecular formula is C54H35NS2. The maximum atomic E-state index is 2.39. The first-order valence-electron chi connectivity index (χ1n) is 19.3. The van der Waals surface area contributed by atoms with Crippen LogP contribution in [0.25, 0.3) is 84.9 Å². The Balaban J connectivity index is 0.983. The molecule has 11 rings (SSSR count). The van der Waals surface area contributed by atoms with Crippen LogP contribution in [0.15, 0.2) is 212 Å². The Hall–Kier alpha value is -6.78. The largest absolute Gasteiger partial charge is 0.311 e. The fourth-order valence-corrected chi connectivity index (χ4v) is 10.7. The number of benzene rings is 9.